The monoisotopic (exact) mass is 239 g/mol. The maximum absolute atomic E-state index is 11.1. The third-order valence-electron chi connectivity index (χ3n) is 2.23. The van der Waals surface area contributed by atoms with E-state index < -0.39 is 11.9 Å². The lowest BCUT2D eigenvalue weighted by molar-refractivity contribution is 0.0695. The molecule has 1 aromatic carbocycles. The summed E-state index contributed by atoms with van der Waals surface area (Å²) < 4.78 is 4.93. The summed E-state index contributed by atoms with van der Waals surface area (Å²) in [4.78, 5) is 11.1. The van der Waals surface area contributed by atoms with Crippen LogP contribution in [0.2, 0.25) is 5.02 Å². The van der Waals surface area contributed by atoms with E-state index in [-0.39, 0.29) is 16.3 Å². The summed E-state index contributed by atoms with van der Waals surface area (Å²) in [6, 6.07) is 5.08. The minimum absolute atomic E-state index is 0.0228. The van der Waals surface area contributed by atoms with Gasteiger partial charge in [-0.05, 0) is 18.6 Å². The number of carboxylic acids is 1. The Kier molecular flexibility index (Phi) is 3.75. The summed E-state index contributed by atoms with van der Waals surface area (Å²) >= 11 is 5.89. The molecule has 0 aromatic heterocycles. The predicted octanol–water partition coefficient (Wildman–Crippen LogP) is 2.67. The van der Waals surface area contributed by atoms with Gasteiger partial charge in [0.2, 0.25) is 0 Å². The molecule has 0 spiro atoms. The average Bonchev–Trinajstić information content (AvgIpc) is 2.26. The van der Waals surface area contributed by atoms with Crippen molar-refractivity contribution in [2.75, 3.05) is 7.11 Å². The Morgan fingerprint density at radius 1 is 1.62 bits per heavy atom. The van der Waals surface area contributed by atoms with Gasteiger partial charge in [0, 0.05) is 0 Å². The molecule has 5 heteroatoms. The predicted molar refractivity (Wildman–Crippen MR) is 59.0 cm³/mol. The first-order chi connectivity index (χ1) is 7.52. The van der Waals surface area contributed by atoms with E-state index in [1.807, 2.05) is 6.07 Å². The van der Waals surface area contributed by atoms with Crippen molar-refractivity contribution in [3.8, 4) is 11.8 Å². The minimum Gasteiger partial charge on any atom is -0.495 e. The molecule has 84 valence electrons. The van der Waals surface area contributed by atoms with Crippen LogP contribution in [0, 0.1) is 11.3 Å². The first-order valence-electron chi connectivity index (χ1n) is 4.52. The van der Waals surface area contributed by atoms with Crippen LogP contribution in [0.25, 0.3) is 0 Å². The topological polar surface area (TPSA) is 70.3 Å². The van der Waals surface area contributed by atoms with E-state index in [9.17, 15) is 4.79 Å². The molecule has 0 aliphatic carbocycles. The Morgan fingerprint density at radius 2 is 2.25 bits per heavy atom. The quantitative estimate of drug-likeness (QED) is 0.880. The highest BCUT2D eigenvalue weighted by Gasteiger charge is 2.21. The first-order valence-corrected chi connectivity index (χ1v) is 4.90. The smallest absolute Gasteiger partial charge is 0.337 e. The number of nitriles is 1. The second kappa shape index (κ2) is 4.86. The van der Waals surface area contributed by atoms with Gasteiger partial charge in [0.25, 0.3) is 0 Å². The third kappa shape index (κ3) is 2.10. The fourth-order valence-electron chi connectivity index (χ4n) is 1.38. The number of aromatic carboxylic acids is 1. The zero-order valence-corrected chi connectivity index (χ0v) is 9.58. The van der Waals surface area contributed by atoms with Crippen molar-refractivity contribution >= 4 is 17.6 Å². The van der Waals surface area contributed by atoms with E-state index in [0.29, 0.717) is 5.56 Å². The zero-order chi connectivity index (χ0) is 12.3. The molecule has 0 saturated carbocycles. The molecular weight excluding hydrogens is 230 g/mol. The number of nitrogens with zero attached hydrogens (tertiary/aromatic N) is 1. The number of hydrogen-bond donors (Lipinski definition) is 1. The van der Waals surface area contributed by atoms with Gasteiger partial charge in [0.1, 0.15) is 5.75 Å². The molecule has 1 unspecified atom stereocenters. The molecule has 0 bridgehead atoms. The van der Waals surface area contributed by atoms with Crippen molar-refractivity contribution < 1.29 is 14.6 Å². The van der Waals surface area contributed by atoms with Crippen molar-refractivity contribution in [3.05, 3.63) is 28.3 Å². The molecule has 1 aromatic rings. The Labute approximate surface area is 98.0 Å². The van der Waals surface area contributed by atoms with Crippen molar-refractivity contribution in [2.24, 2.45) is 0 Å². The molecule has 1 atom stereocenters. The van der Waals surface area contributed by atoms with Crippen LogP contribution >= 0.6 is 11.6 Å². The molecule has 0 aliphatic rings. The number of carbonyl (C=O) groups is 1. The number of halogens is 1. The largest absolute Gasteiger partial charge is 0.495 e. The maximum Gasteiger partial charge on any atom is 0.337 e. The first kappa shape index (κ1) is 12.3. The van der Waals surface area contributed by atoms with Gasteiger partial charge in [-0.2, -0.15) is 5.26 Å². The fourth-order valence-corrected chi connectivity index (χ4v) is 1.71. The van der Waals surface area contributed by atoms with Gasteiger partial charge in [-0.1, -0.05) is 17.7 Å². The second-order valence-corrected chi connectivity index (χ2v) is 3.58. The summed E-state index contributed by atoms with van der Waals surface area (Å²) in [5, 5.41) is 17.9. The SMILES string of the molecule is COc1ccc(C(C)C#N)c(C(=O)O)c1Cl. The van der Waals surface area contributed by atoms with Crippen molar-refractivity contribution in [3.63, 3.8) is 0 Å². The van der Waals surface area contributed by atoms with E-state index in [2.05, 4.69) is 0 Å². The van der Waals surface area contributed by atoms with Crippen molar-refractivity contribution in [2.45, 2.75) is 12.8 Å². The highest BCUT2D eigenvalue weighted by atomic mass is 35.5. The van der Waals surface area contributed by atoms with Gasteiger partial charge in [-0.15, -0.1) is 0 Å². The normalized spacial score (nSPS) is 11.6. The van der Waals surface area contributed by atoms with Gasteiger partial charge in [-0.25, -0.2) is 4.79 Å². The van der Waals surface area contributed by atoms with Crippen LogP contribution in [0.3, 0.4) is 0 Å². The van der Waals surface area contributed by atoms with E-state index >= 15 is 0 Å². The van der Waals surface area contributed by atoms with E-state index in [0.717, 1.165) is 0 Å². The zero-order valence-electron chi connectivity index (χ0n) is 8.82. The summed E-state index contributed by atoms with van der Waals surface area (Å²) in [6.07, 6.45) is 0. The molecule has 0 heterocycles. The second-order valence-electron chi connectivity index (χ2n) is 3.20. The Bertz CT molecular complexity index is 465. The van der Waals surface area contributed by atoms with Crippen LogP contribution in [0.5, 0.6) is 5.75 Å². The van der Waals surface area contributed by atoms with Crippen molar-refractivity contribution in [1.29, 1.82) is 5.26 Å². The molecule has 0 amide bonds. The van der Waals surface area contributed by atoms with Crippen LogP contribution in [-0.4, -0.2) is 18.2 Å². The van der Waals surface area contributed by atoms with E-state index in [1.54, 1.807) is 19.1 Å². The van der Waals surface area contributed by atoms with Gasteiger partial charge >= 0.3 is 5.97 Å². The number of ether oxygens (including phenoxy) is 1. The number of benzene rings is 1. The molecular formula is C11H10ClNO3. The van der Waals surface area contributed by atoms with Gasteiger partial charge < -0.3 is 9.84 Å². The Hall–Kier alpha value is -1.73. The molecule has 1 N–H and O–H groups in total. The minimum atomic E-state index is -1.17. The molecule has 0 aliphatic heterocycles. The molecule has 0 saturated heterocycles. The van der Waals surface area contributed by atoms with Gasteiger partial charge in [0.05, 0.1) is 29.7 Å². The standard InChI is InChI=1S/C11H10ClNO3/c1-6(5-13)7-3-4-8(16-2)10(12)9(7)11(14)15/h3-4,6H,1-2H3,(H,14,15). The maximum atomic E-state index is 11.1. The summed E-state index contributed by atoms with van der Waals surface area (Å²) in [6.45, 7) is 1.62. The lowest BCUT2D eigenvalue weighted by atomic mass is 9.96. The molecule has 0 fully saturated rings. The van der Waals surface area contributed by atoms with Crippen LogP contribution in [0.1, 0.15) is 28.8 Å². The molecule has 4 nitrogen and oxygen atoms in total. The summed E-state index contributed by atoms with van der Waals surface area (Å²) in [5.41, 5.74) is 0.316. The summed E-state index contributed by atoms with van der Waals surface area (Å²) in [5.74, 6) is -1.41. The van der Waals surface area contributed by atoms with Gasteiger partial charge in [0.15, 0.2) is 0 Å². The number of rotatable bonds is 3. The highest BCUT2D eigenvalue weighted by Crippen LogP contribution is 2.33. The van der Waals surface area contributed by atoms with Crippen LogP contribution in [0.4, 0.5) is 0 Å². The lowest BCUT2D eigenvalue weighted by Gasteiger charge is -2.12. The molecule has 1 rings (SSSR count). The van der Waals surface area contributed by atoms with Crippen LogP contribution < -0.4 is 4.74 Å². The highest BCUT2D eigenvalue weighted by molar-refractivity contribution is 6.35. The van der Waals surface area contributed by atoms with Gasteiger partial charge in [-0.3, -0.25) is 0 Å². The Morgan fingerprint density at radius 3 is 2.69 bits per heavy atom. The Balaban J connectivity index is 3.48. The van der Waals surface area contributed by atoms with E-state index in [1.165, 1.54) is 7.11 Å². The van der Waals surface area contributed by atoms with E-state index in [4.69, 9.17) is 26.7 Å². The average molecular weight is 240 g/mol. The number of methoxy groups -OCH3 is 1. The van der Waals surface area contributed by atoms with Crippen molar-refractivity contribution in [1.82, 2.24) is 0 Å². The number of hydrogen-bond acceptors (Lipinski definition) is 3. The fraction of sp³-hybridized carbons (Fsp3) is 0.273. The number of carboxylic acid groups (broad SMARTS) is 1. The van der Waals surface area contributed by atoms with Crippen LogP contribution in [0.15, 0.2) is 12.1 Å². The third-order valence-corrected chi connectivity index (χ3v) is 2.61. The molecule has 16 heavy (non-hydrogen) atoms. The molecule has 0 radical (unpaired) electrons. The summed E-state index contributed by atoms with van der Waals surface area (Å²) in [7, 11) is 1.40. The lowest BCUT2D eigenvalue weighted by Crippen LogP contribution is -2.06. The van der Waals surface area contributed by atoms with Crippen LogP contribution in [-0.2, 0) is 0 Å².